The summed E-state index contributed by atoms with van der Waals surface area (Å²) in [7, 11) is 0. The molecule has 122 valence electrons. The normalized spacial score (nSPS) is 14.7. The predicted octanol–water partition coefficient (Wildman–Crippen LogP) is 2.58. The van der Waals surface area contributed by atoms with E-state index in [-0.39, 0.29) is 16.2 Å². The van der Waals surface area contributed by atoms with Crippen molar-refractivity contribution in [3.63, 3.8) is 0 Å². The summed E-state index contributed by atoms with van der Waals surface area (Å²) in [6.45, 7) is -2.19. The van der Waals surface area contributed by atoms with Gasteiger partial charge in [0.15, 0.2) is 5.01 Å². The molecule has 1 unspecified atom stereocenters. The zero-order valence-electron chi connectivity index (χ0n) is 10.1. The molecule has 21 heavy (non-hydrogen) atoms. The van der Waals surface area contributed by atoms with Crippen molar-refractivity contribution < 1.29 is 35.5 Å². The maximum absolute atomic E-state index is 12.6. The predicted molar refractivity (Wildman–Crippen MR) is 59.0 cm³/mol. The summed E-state index contributed by atoms with van der Waals surface area (Å²) in [5, 5.41) is -1.14. The van der Waals surface area contributed by atoms with Gasteiger partial charge in [0.2, 0.25) is 0 Å². The van der Waals surface area contributed by atoms with E-state index in [1.165, 1.54) is 0 Å². The van der Waals surface area contributed by atoms with Gasteiger partial charge in [-0.15, -0.1) is 11.3 Å². The zero-order chi connectivity index (χ0) is 16.3. The van der Waals surface area contributed by atoms with Crippen molar-refractivity contribution in [3.8, 4) is 0 Å². The first-order chi connectivity index (χ1) is 9.58. The lowest BCUT2D eigenvalue weighted by Gasteiger charge is -2.18. The molecular formula is C9H10F7N3OS. The van der Waals surface area contributed by atoms with Gasteiger partial charge in [0.25, 0.3) is 0 Å². The molecule has 0 spiro atoms. The highest BCUT2D eigenvalue weighted by Gasteiger charge is 2.41. The third-order valence-corrected chi connectivity index (χ3v) is 3.36. The molecule has 1 atom stereocenters. The Hall–Kier alpha value is -0.980. The molecule has 1 heterocycles. The Labute approximate surface area is 118 Å². The van der Waals surface area contributed by atoms with Crippen LogP contribution in [0.15, 0.2) is 6.20 Å². The zero-order valence-corrected chi connectivity index (χ0v) is 10.9. The second-order valence-corrected chi connectivity index (χ2v) is 4.92. The first-order valence-corrected chi connectivity index (χ1v) is 6.12. The van der Waals surface area contributed by atoms with Gasteiger partial charge in [-0.05, 0) is 0 Å². The van der Waals surface area contributed by atoms with E-state index in [1.807, 2.05) is 5.43 Å². The van der Waals surface area contributed by atoms with Crippen LogP contribution < -0.4 is 11.3 Å². The molecule has 1 aromatic heterocycles. The first-order valence-electron chi connectivity index (χ1n) is 5.30. The summed E-state index contributed by atoms with van der Waals surface area (Å²) in [5.41, 5.74) is 2.04. The highest BCUT2D eigenvalue weighted by Crippen LogP contribution is 2.34. The number of nitrogens with one attached hydrogen (secondary N) is 1. The lowest BCUT2D eigenvalue weighted by Crippen LogP contribution is -2.36. The van der Waals surface area contributed by atoms with Crippen LogP contribution in [0.2, 0.25) is 0 Å². The van der Waals surface area contributed by atoms with Gasteiger partial charge in [-0.25, -0.2) is 19.2 Å². The van der Waals surface area contributed by atoms with Crippen LogP contribution in [0, 0.1) is 0 Å². The number of ether oxygens (including phenoxy) is 1. The van der Waals surface area contributed by atoms with E-state index in [1.54, 1.807) is 0 Å². The van der Waals surface area contributed by atoms with Crippen molar-refractivity contribution in [1.82, 2.24) is 10.4 Å². The lowest BCUT2D eigenvalue weighted by atomic mass is 10.3. The third-order valence-electron chi connectivity index (χ3n) is 2.21. The molecule has 12 heteroatoms. The maximum atomic E-state index is 12.6. The number of alkyl halides is 7. The van der Waals surface area contributed by atoms with Gasteiger partial charge >= 0.3 is 18.5 Å². The van der Waals surface area contributed by atoms with Crippen LogP contribution in [-0.2, 0) is 10.9 Å². The van der Waals surface area contributed by atoms with Crippen molar-refractivity contribution in [2.24, 2.45) is 5.84 Å². The number of hydrazine groups is 1. The number of hydrogen-bond acceptors (Lipinski definition) is 5. The molecule has 0 aliphatic carbocycles. The van der Waals surface area contributed by atoms with E-state index in [0.29, 0.717) is 0 Å². The molecule has 0 aliphatic heterocycles. The fraction of sp³-hybridized carbons (Fsp3) is 0.667. The van der Waals surface area contributed by atoms with Gasteiger partial charge in [-0.3, -0.25) is 5.84 Å². The Morgan fingerprint density at radius 3 is 2.33 bits per heavy atom. The van der Waals surface area contributed by atoms with Crippen LogP contribution in [-0.4, -0.2) is 30.5 Å². The van der Waals surface area contributed by atoms with Crippen molar-refractivity contribution in [2.45, 2.75) is 24.6 Å². The standard InChI is InChI=1S/C9H10F7N3OS/c10-6(11)8(12,13)3-20-2-4(19-17)5-1-18-7(21-5)9(14,15)16/h1,4,6,19H,2-3,17H2. The second kappa shape index (κ2) is 6.85. The molecule has 0 saturated heterocycles. The van der Waals surface area contributed by atoms with Crippen molar-refractivity contribution in [2.75, 3.05) is 13.2 Å². The van der Waals surface area contributed by atoms with Gasteiger partial charge in [-0.1, -0.05) is 0 Å². The molecule has 0 radical (unpaired) electrons. The smallest absolute Gasteiger partial charge is 0.373 e. The molecule has 4 nitrogen and oxygen atoms in total. The molecule has 0 fully saturated rings. The van der Waals surface area contributed by atoms with Crippen LogP contribution in [0.3, 0.4) is 0 Å². The molecule has 1 rings (SSSR count). The minimum Gasteiger partial charge on any atom is -0.373 e. The monoisotopic (exact) mass is 341 g/mol. The third kappa shape index (κ3) is 5.05. The van der Waals surface area contributed by atoms with Crippen molar-refractivity contribution in [1.29, 1.82) is 0 Å². The quantitative estimate of drug-likeness (QED) is 0.455. The molecule has 0 aliphatic rings. The second-order valence-electron chi connectivity index (χ2n) is 3.86. The molecule has 0 saturated carbocycles. The highest BCUT2D eigenvalue weighted by molar-refractivity contribution is 7.11. The molecule has 0 amide bonds. The number of thiazole rings is 1. The Bertz CT molecular complexity index is 451. The summed E-state index contributed by atoms with van der Waals surface area (Å²) >= 11 is 0.242. The number of aromatic nitrogens is 1. The number of hydrogen-bond donors (Lipinski definition) is 2. The Morgan fingerprint density at radius 1 is 1.29 bits per heavy atom. The van der Waals surface area contributed by atoms with Gasteiger partial charge in [-0.2, -0.15) is 22.0 Å². The van der Waals surface area contributed by atoms with Gasteiger partial charge in [0, 0.05) is 11.1 Å². The molecule has 0 aromatic carbocycles. The summed E-state index contributed by atoms with van der Waals surface area (Å²) in [6.07, 6.45) is -7.69. The van der Waals surface area contributed by atoms with E-state index in [9.17, 15) is 30.7 Å². The fourth-order valence-electron chi connectivity index (χ4n) is 1.17. The number of nitrogens with zero attached hydrogens (tertiary/aromatic N) is 1. The van der Waals surface area contributed by atoms with Crippen LogP contribution in [0.4, 0.5) is 30.7 Å². The molecule has 0 bridgehead atoms. The maximum Gasteiger partial charge on any atom is 0.443 e. The van der Waals surface area contributed by atoms with Crippen LogP contribution in [0.5, 0.6) is 0 Å². The van der Waals surface area contributed by atoms with Crippen molar-refractivity contribution >= 4 is 11.3 Å². The molecule has 1 aromatic rings. The van der Waals surface area contributed by atoms with Gasteiger partial charge in [0.1, 0.15) is 6.61 Å². The number of rotatable bonds is 7. The Kier molecular flexibility index (Phi) is 5.90. The highest BCUT2D eigenvalue weighted by atomic mass is 32.1. The average Bonchev–Trinajstić information content (AvgIpc) is 2.83. The summed E-state index contributed by atoms with van der Waals surface area (Å²) < 4.78 is 90.3. The minimum absolute atomic E-state index is 0.0230. The van der Waals surface area contributed by atoms with E-state index in [2.05, 4.69) is 9.72 Å². The Morgan fingerprint density at radius 2 is 1.90 bits per heavy atom. The molecule has 3 N–H and O–H groups in total. The first kappa shape index (κ1) is 18.1. The summed E-state index contributed by atoms with van der Waals surface area (Å²) in [4.78, 5) is 3.09. The van der Waals surface area contributed by atoms with E-state index >= 15 is 0 Å². The number of halogens is 7. The van der Waals surface area contributed by atoms with Crippen LogP contribution in [0.25, 0.3) is 0 Å². The van der Waals surface area contributed by atoms with Crippen molar-refractivity contribution in [3.05, 3.63) is 16.1 Å². The lowest BCUT2D eigenvalue weighted by molar-refractivity contribution is -0.167. The van der Waals surface area contributed by atoms with Crippen LogP contribution >= 0.6 is 11.3 Å². The molecular weight excluding hydrogens is 331 g/mol. The summed E-state index contributed by atoms with van der Waals surface area (Å²) in [6, 6.07) is -1.08. The van der Waals surface area contributed by atoms with E-state index in [0.717, 1.165) is 6.20 Å². The summed E-state index contributed by atoms with van der Waals surface area (Å²) in [5.74, 6) is 0.721. The topological polar surface area (TPSA) is 60.2 Å². The van der Waals surface area contributed by atoms with Crippen LogP contribution in [0.1, 0.15) is 15.9 Å². The minimum atomic E-state index is -4.65. The SMILES string of the molecule is NNC(COCC(F)(F)C(F)F)c1cnc(C(F)(F)F)s1. The van der Waals surface area contributed by atoms with Gasteiger partial charge < -0.3 is 4.74 Å². The number of nitrogens with two attached hydrogens (primary N) is 1. The average molecular weight is 341 g/mol. The Balaban J connectivity index is 2.62. The largest absolute Gasteiger partial charge is 0.443 e. The fourth-order valence-corrected chi connectivity index (χ4v) is 2.00. The van der Waals surface area contributed by atoms with E-state index < -0.39 is 42.8 Å². The van der Waals surface area contributed by atoms with E-state index in [4.69, 9.17) is 5.84 Å². The van der Waals surface area contributed by atoms with Gasteiger partial charge in [0.05, 0.1) is 12.6 Å².